The maximum Gasteiger partial charge on any atom is 0.262 e. The number of nitrogens with zero attached hydrogens (tertiary/aromatic N) is 3. The zero-order valence-corrected chi connectivity index (χ0v) is 13.4. The third-order valence-corrected chi connectivity index (χ3v) is 5.47. The predicted molar refractivity (Wildman–Crippen MR) is 92.8 cm³/mol. The number of fused-ring (bicyclic) bond motifs is 3. The van der Waals surface area contributed by atoms with Crippen LogP contribution in [0.25, 0.3) is 31.7 Å². The van der Waals surface area contributed by atoms with Crippen molar-refractivity contribution in [3.05, 3.63) is 58.9 Å². The van der Waals surface area contributed by atoms with Crippen LogP contribution in [0.4, 0.5) is 4.39 Å². The Balaban J connectivity index is 1.79. The summed E-state index contributed by atoms with van der Waals surface area (Å²) in [5, 5.41) is 1.41. The largest absolute Gasteiger partial charge is 0.296 e. The molecule has 0 radical (unpaired) electrons. The van der Waals surface area contributed by atoms with E-state index >= 15 is 0 Å². The molecule has 6 heteroatoms. The van der Waals surface area contributed by atoms with E-state index in [1.165, 1.54) is 23.5 Å². The van der Waals surface area contributed by atoms with Gasteiger partial charge in [-0.3, -0.25) is 9.36 Å². The molecule has 0 aliphatic heterocycles. The van der Waals surface area contributed by atoms with Crippen molar-refractivity contribution in [3.8, 4) is 10.6 Å². The van der Waals surface area contributed by atoms with Gasteiger partial charge in [0.2, 0.25) is 0 Å². The average Bonchev–Trinajstić information content (AvgIpc) is 3.33. The average molecular weight is 337 g/mol. The maximum absolute atomic E-state index is 13.1. The van der Waals surface area contributed by atoms with Crippen molar-refractivity contribution in [3.63, 3.8) is 0 Å². The van der Waals surface area contributed by atoms with Crippen molar-refractivity contribution in [1.29, 1.82) is 0 Å². The van der Waals surface area contributed by atoms with Crippen LogP contribution in [0.2, 0.25) is 0 Å². The van der Waals surface area contributed by atoms with Gasteiger partial charge in [0, 0.05) is 11.6 Å². The zero-order valence-electron chi connectivity index (χ0n) is 12.6. The Morgan fingerprint density at radius 1 is 1.08 bits per heavy atom. The van der Waals surface area contributed by atoms with Crippen molar-refractivity contribution in [2.24, 2.45) is 0 Å². The van der Waals surface area contributed by atoms with Gasteiger partial charge < -0.3 is 0 Å². The van der Waals surface area contributed by atoms with Gasteiger partial charge in [0.25, 0.3) is 5.56 Å². The Labute approximate surface area is 140 Å². The zero-order chi connectivity index (χ0) is 16.3. The molecule has 0 spiro atoms. The molecule has 0 atom stereocenters. The minimum Gasteiger partial charge on any atom is -0.296 e. The number of thiazole rings is 1. The third-order valence-electron chi connectivity index (χ3n) is 4.34. The van der Waals surface area contributed by atoms with Gasteiger partial charge >= 0.3 is 0 Å². The quantitative estimate of drug-likeness (QED) is 0.552. The minimum atomic E-state index is -0.276. The summed E-state index contributed by atoms with van der Waals surface area (Å²) in [6.07, 6.45) is 3.72. The fraction of sp³-hybridized carbons (Fsp3) is 0.167. The molecule has 0 saturated heterocycles. The van der Waals surface area contributed by atoms with E-state index < -0.39 is 0 Å². The van der Waals surface area contributed by atoms with E-state index in [2.05, 4.69) is 9.97 Å². The van der Waals surface area contributed by atoms with Crippen LogP contribution in [0.1, 0.15) is 18.9 Å². The summed E-state index contributed by atoms with van der Waals surface area (Å²) in [4.78, 5) is 21.9. The van der Waals surface area contributed by atoms with Crippen LogP contribution in [0.3, 0.4) is 0 Å². The molecular weight excluding hydrogens is 325 g/mol. The Bertz CT molecular complexity index is 1140. The molecule has 1 fully saturated rings. The van der Waals surface area contributed by atoms with E-state index in [1.807, 2.05) is 12.1 Å². The number of halogens is 1. The Morgan fingerprint density at radius 3 is 2.58 bits per heavy atom. The van der Waals surface area contributed by atoms with Gasteiger partial charge in [0.1, 0.15) is 10.8 Å². The fourth-order valence-electron chi connectivity index (χ4n) is 2.93. The number of aromatic nitrogens is 3. The molecule has 0 amide bonds. The Morgan fingerprint density at radius 2 is 1.83 bits per heavy atom. The van der Waals surface area contributed by atoms with Gasteiger partial charge in [-0.05, 0) is 49.2 Å². The summed E-state index contributed by atoms with van der Waals surface area (Å²) in [6, 6.07) is 10.3. The summed E-state index contributed by atoms with van der Waals surface area (Å²) in [5.74, 6) is -0.276. The van der Waals surface area contributed by atoms with E-state index in [9.17, 15) is 9.18 Å². The highest BCUT2D eigenvalue weighted by molar-refractivity contribution is 7.22. The van der Waals surface area contributed by atoms with Crippen LogP contribution >= 0.6 is 11.3 Å². The van der Waals surface area contributed by atoms with Crippen molar-refractivity contribution < 1.29 is 4.39 Å². The molecule has 1 aliphatic carbocycles. The monoisotopic (exact) mass is 337 g/mol. The van der Waals surface area contributed by atoms with Crippen LogP contribution in [-0.4, -0.2) is 14.5 Å². The molecular formula is C18H12FN3OS. The molecule has 1 saturated carbocycles. The van der Waals surface area contributed by atoms with Gasteiger partial charge in [0.15, 0.2) is 0 Å². The number of benzene rings is 2. The second-order valence-electron chi connectivity index (χ2n) is 6.02. The van der Waals surface area contributed by atoms with Crippen LogP contribution in [-0.2, 0) is 0 Å². The molecule has 2 aromatic carbocycles. The van der Waals surface area contributed by atoms with E-state index in [1.54, 1.807) is 23.0 Å². The second-order valence-corrected chi connectivity index (χ2v) is 7.02. The van der Waals surface area contributed by atoms with Crippen LogP contribution in [0, 0.1) is 5.82 Å². The molecule has 0 unspecified atom stereocenters. The molecule has 4 nitrogen and oxygen atoms in total. The van der Waals surface area contributed by atoms with Crippen LogP contribution in [0.15, 0.2) is 47.5 Å². The fourth-order valence-corrected chi connectivity index (χ4v) is 4.03. The number of hydrogen-bond acceptors (Lipinski definition) is 4. The van der Waals surface area contributed by atoms with Gasteiger partial charge in [-0.15, -0.1) is 11.3 Å². The van der Waals surface area contributed by atoms with Gasteiger partial charge in [-0.2, -0.15) is 0 Å². The molecule has 2 heterocycles. The van der Waals surface area contributed by atoms with E-state index in [4.69, 9.17) is 0 Å². The van der Waals surface area contributed by atoms with Crippen molar-refractivity contribution in [2.45, 2.75) is 18.9 Å². The first-order valence-corrected chi connectivity index (χ1v) is 8.59. The molecule has 118 valence electrons. The first kappa shape index (κ1) is 13.8. The summed E-state index contributed by atoms with van der Waals surface area (Å²) in [5.41, 5.74) is 2.32. The Kier molecular flexibility index (Phi) is 2.84. The van der Waals surface area contributed by atoms with Crippen molar-refractivity contribution >= 4 is 32.5 Å². The molecule has 0 N–H and O–H groups in total. The lowest BCUT2D eigenvalue weighted by Gasteiger charge is -2.04. The van der Waals surface area contributed by atoms with Crippen LogP contribution < -0.4 is 5.56 Å². The van der Waals surface area contributed by atoms with Gasteiger partial charge in [0.05, 0.1) is 27.4 Å². The second kappa shape index (κ2) is 4.95. The first-order chi connectivity index (χ1) is 11.7. The van der Waals surface area contributed by atoms with E-state index in [0.717, 1.165) is 33.6 Å². The highest BCUT2D eigenvalue weighted by atomic mass is 32.1. The summed E-state index contributed by atoms with van der Waals surface area (Å²) in [6.45, 7) is 0. The van der Waals surface area contributed by atoms with Crippen molar-refractivity contribution in [1.82, 2.24) is 14.5 Å². The lowest BCUT2D eigenvalue weighted by molar-refractivity contribution is 0.628. The summed E-state index contributed by atoms with van der Waals surface area (Å²) in [7, 11) is 0. The smallest absolute Gasteiger partial charge is 0.262 e. The van der Waals surface area contributed by atoms with Gasteiger partial charge in [-0.25, -0.2) is 14.4 Å². The molecule has 2 aromatic heterocycles. The molecule has 5 rings (SSSR count). The normalized spacial score (nSPS) is 14.5. The molecule has 4 aromatic rings. The molecule has 24 heavy (non-hydrogen) atoms. The maximum atomic E-state index is 13.1. The first-order valence-electron chi connectivity index (χ1n) is 7.77. The van der Waals surface area contributed by atoms with Crippen LogP contribution in [0.5, 0.6) is 0 Å². The third kappa shape index (κ3) is 2.06. The highest BCUT2D eigenvalue weighted by Gasteiger charge is 2.26. The lowest BCUT2D eigenvalue weighted by Crippen LogP contribution is -2.19. The summed E-state index contributed by atoms with van der Waals surface area (Å²) >= 11 is 1.45. The molecule has 1 aliphatic rings. The van der Waals surface area contributed by atoms with Crippen molar-refractivity contribution in [2.75, 3.05) is 0 Å². The predicted octanol–water partition coefficient (Wildman–Crippen LogP) is 4.15. The highest BCUT2D eigenvalue weighted by Crippen LogP contribution is 2.36. The topological polar surface area (TPSA) is 47.8 Å². The Hall–Kier alpha value is -2.60. The molecule has 0 bridgehead atoms. The van der Waals surface area contributed by atoms with E-state index in [-0.39, 0.29) is 17.4 Å². The SMILES string of the molecule is O=c1c2c(ccc3nc(-c4ccc(F)cc4)sc32)ncn1C1CC1. The summed E-state index contributed by atoms with van der Waals surface area (Å²) < 4.78 is 15.7. The lowest BCUT2D eigenvalue weighted by atomic mass is 10.2. The van der Waals surface area contributed by atoms with Gasteiger partial charge in [-0.1, -0.05) is 0 Å². The minimum absolute atomic E-state index is 0.00223. The number of hydrogen-bond donors (Lipinski definition) is 0. The van der Waals surface area contributed by atoms with E-state index in [0.29, 0.717) is 10.9 Å². The number of rotatable bonds is 2. The standard InChI is InChI=1S/C18H12FN3OS/c19-11-3-1-10(2-4-11)17-21-14-8-7-13-15(16(14)24-17)18(23)22(9-20-13)12-5-6-12/h1-4,7-9,12H,5-6H2.